The molecule has 2 aromatic carbocycles. The first-order valence-corrected chi connectivity index (χ1v) is 9.52. The molecule has 3 aromatic heterocycles. The van der Waals surface area contributed by atoms with Crippen molar-refractivity contribution in [2.24, 2.45) is 0 Å². The minimum Gasteiger partial charge on any atom is -0.360 e. The molecule has 5 aromatic rings. The van der Waals surface area contributed by atoms with E-state index in [4.69, 9.17) is 0 Å². The zero-order chi connectivity index (χ0) is 19.1. The monoisotopic (exact) mass is 386 g/mol. The molecule has 0 saturated carbocycles. The van der Waals surface area contributed by atoms with Gasteiger partial charge in [0.05, 0.1) is 5.69 Å². The molecule has 0 spiro atoms. The van der Waals surface area contributed by atoms with E-state index in [1.165, 1.54) is 17.5 Å². The average Bonchev–Trinajstić information content (AvgIpc) is 3.35. The Morgan fingerprint density at radius 1 is 0.929 bits per heavy atom. The van der Waals surface area contributed by atoms with Gasteiger partial charge in [0, 0.05) is 45.1 Å². The molecule has 0 radical (unpaired) electrons. The Morgan fingerprint density at radius 3 is 2.43 bits per heavy atom. The molecule has 7 heteroatoms. The first kappa shape index (κ1) is 16.5. The maximum atomic E-state index is 12.6. The summed E-state index contributed by atoms with van der Waals surface area (Å²) in [7, 11) is 0. The lowest BCUT2D eigenvalue weighted by Gasteiger charge is -2.03. The number of para-hydroxylation sites is 2. The van der Waals surface area contributed by atoms with Crippen LogP contribution in [0.3, 0.4) is 0 Å². The number of pyridine rings is 1. The van der Waals surface area contributed by atoms with Crippen LogP contribution in [0.4, 0.5) is 5.13 Å². The van der Waals surface area contributed by atoms with Gasteiger partial charge in [0.2, 0.25) is 5.43 Å². The standard InChI is InChI=1S/C21H14N4O2S/c26-19-13-6-2-4-8-17(13)23-10-15(19)20(27)25-21-24-18(11-28-21)14-9-22-16-7-3-1-5-12(14)16/h1-11,22H,(H,23,26)(H,24,25,27). The molecule has 0 unspecified atom stereocenters. The molecule has 5 rings (SSSR count). The molecule has 0 saturated heterocycles. The molecule has 0 aliphatic carbocycles. The lowest BCUT2D eigenvalue weighted by atomic mass is 10.1. The van der Waals surface area contributed by atoms with E-state index in [1.807, 2.05) is 41.9 Å². The predicted octanol–water partition coefficient (Wildman–Crippen LogP) is 4.39. The number of hydrogen-bond donors (Lipinski definition) is 3. The van der Waals surface area contributed by atoms with Crippen LogP contribution in [0, 0.1) is 0 Å². The second kappa shape index (κ2) is 6.47. The van der Waals surface area contributed by atoms with Gasteiger partial charge >= 0.3 is 0 Å². The van der Waals surface area contributed by atoms with E-state index in [-0.39, 0.29) is 11.0 Å². The number of carbonyl (C=O) groups is 1. The maximum Gasteiger partial charge on any atom is 0.262 e. The Bertz CT molecular complexity index is 1400. The van der Waals surface area contributed by atoms with Crippen LogP contribution in [-0.4, -0.2) is 20.9 Å². The molecule has 3 heterocycles. The predicted molar refractivity (Wildman–Crippen MR) is 112 cm³/mol. The Morgan fingerprint density at radius 2 is 1.61 bits per heavy atom. The number of H-pyrrole nitrogens is 2. The van der Waals surface area contributed by atoms with E-state index in [1.54, 1.807) is 18.2 Å². The fourth-order valence-electron chi connectivity index (χ4n) is 3.24. The number of benzene rings is 2. The van der Waals surface area contributed by atoms with Crippen LogP contribution in [0.15, 0.2) is 71.1 Å². The second-order valence-corrected chi connectivity index (χ2v) is 7.18. The average molecular weight is 386 g/mol. The zero-order valence-corrected chi connectivity index (χ0v) is 15.3. The SMILES string of the molecule is O=C(Nc1nc(-c2c[nH]c3ccccc23)cs1)c1c[nH]c2ccccc2c1=O. The van der Waals surface area contributed by atoms with Gasteiger partial charge in [-0.05, 0) is 18.2 Å². The van der Waals surface area contributed by atoms with Crippen molar-refractivity contribution in [3.63, 3.8) is 0 Å². The summed E-state index contributed by atoms with van der Waals surface area (Å²) in [5.41, 5.74) is 3.21. The van der Waals surface area contributed by atoms with Crippen molar-refractivity contribution >= 4 is 44.2 Å². The minimum atomic E-state index is -0.480. The van der Waals surface area contributed by atoms with Gasteiger partial charge < -0.3 is 9.97 Å². The summed E-state index contributed by atoms with van der Waals surface area (Å²) in [6.45, 7) is 0. The van der Waals surface area contributed by atoms with Crippen LogP contribution >= 0.6 is 11.3 Å². The molecule has 0 aliphatic heterocycles. The summed E-state index contributed by atoms with van der Waals surface area (Å²) in [4.78, 5) is 35.9. The van der Waals surface area contributed by atoms with Crippen molar-refractivity contribution in [3.05, 3.63) is 82.1 Å². The van der Waals surface area contributed by atoms with Gasteiger partial charge in [-0.3, -0.25) is 14.9 Å². The number of anilines is 1. The molecule has 3 N–H and O–H groups in total. The van der Waals surface area contributed by atoms with Crippen molar-refractivity contribution in [3.8, 4) is 11.3 Å². The highest BCUT2D eigenvalue weighted by Gasteiger charge is 2.16. The van der Waals surface area contributed by atoms with Crippen molar-refractivity contribution in [1.82, 2.24) is 15.0 Å². The molecule has 0 aliphatic rings. The smallest absolute Gasteiger partial charge is 0.262 e. The van der Waals surface area contributed by atoms with Gasteiger partial charge in [0.1, 0.15) is 5.56 Å². The Balaban J connectivity index is 1.45. The van der Waals surface area contributed by atoms with Crippen LogP contribution in [-0.2, 0) is 0 Å². The fourth-order valence-corrected chi connectivity index (χ4v) is 3.94. The first-order valence-electron chi connectivity index (χ1n) is 8.64. The number of rotatable bonds is 3. The quantitative estimate of drug-likeness (QED) is 0.430. The third-order valence-electron chi connectivity index (χ3n) is 4.62. The number of amides is 1. The summed E-state index contributed by atoms with van der Waals surface area (Å²) < 4.78 is 0. The summed E-state index contributed by atoms with van der Waals surface area (Å²) in [6.07, 6.45) is 3.34. The number of aromatic nitrogens is 3. The largest absolute Gasteiger partial charge is 0.360 e. The lowest BCUT2D eigenvalue weighted by Crippen LogP contribution is -2.21. The molecular formula is C21H14N4O2S. The molecule has 0 bridgehead atoms. The fraction of sp³-hybridized carbons (Fsp3) is 0. The maximum absolute atomic E-state index is 12.6. The third-order valence-corrected chi connectivity index (χ3v) is 5.38. The molecule has 6 nitrogen and oxygen atoms in total. The highest BCUT2D eigenvalue weighted by atomic mass is 32.1. The number of thiazole rings is 1. The Labute approximate surface area is 162 Å². The van der Waals surface area contributed by atoms with E-state index >= 15 is 0 Å². The molecule has 136 valence electrons. The summed E-state index contributed by atoms with van der Waals surface area (Å²) in [5, 5.41) is 6.61. The van der Waals surface area contributed by atoms with Crippen LogP contribution in [0.25, 0.3) is 33.1 Å². The van der Waals surface area contributed by atoms with Crippen molar-refractivity contribution in [2.75, 3.05) is 5.32 Å². The zero-order valence-electron chi connectivity index (χ0n) is 14.5. The highest BCUT2D eigenvalue weighted by Crippen LogP contribution is 2.31. The van der Waals surface area contributed by atoms with Crippen LogP contribution in [0.1, 0.15) is 10.4 Å². The molecule has 0 atom stereocenters. The number of nitrogens with one attached hydrogen (secondary N) is 3. The molecule has 0 fully saturated rings. The number of aromatic amines is 2. The minimum absolute atomic E-state index is 0.0579. The van der Waals surface area contributed by atoms with Crippen LogP contribution in [0.5, 0.6) is 0 Å². The summed E-state index contributed by atoms with van der Waals surface area (Å²) in [5.74, 6) is -0.480. The third kappa shape index (κ3) is 2.69. The van der Waals surface area contributed by atoms with E-state index in [0.717, 1.165) is 22.2 Å². The highest BCUT2D eigenvalue weighted by molar-refractivity contribution is 7.14. The molecule has 1 amide bonds. The first-order chi connectivity index (χ1) is 13.7. The molecular weight excluding hydrogens is 372 g/mol. The van der Waals surface area contributed by atoms with E-state index < -0.39 is 5.91 Å². The van der Waals surface area contributed by atoms with Gasteiger partial charge in [0.25, 0.3) is 5.91 Å². The topological polar surface area (TPSA) is 90.6 Å². The van der Waals surface area contributed by atoms with Gasteiger partial charge in [-0.25, -0.2) is 4.98 Å². The van der Waals surface area contributed by atoms with Crippen molar-refractivity contribution in [1.29, 1.82) is 0 Å². The number of nitrogens with zero attached hydrogens (tertiary/aromatic N) is 1. The van der Waals surface area contributed by atoms with Gasteiger partial charge in [-0.1, -0.05) is 30.3 Å². The van der Waals surface area contributed by atoms with Gasteiger partial charge in [0.15, 0.2) is 5.13 Å². The Hall–Kier alpha value is -3.71. The van der Waals surface area contributed by atoms with E-state index in [2.05, 4.69) is 20.3 Å². The van der Waals surface area contributed by atoms with Crippen LogP contribution in [0.2, 0.25) is 0 Å². The van der Waals surface area contributed by atoms with E-state index in [0.29, 0.717) is 16.0 Å². The van der Waals surface area contributed by atoms with Crippen molar-refractivity contribution in [2.45, 2.75) is 0 Å². The lowest BCUT2D eigenvalue weighted by molar-refractivity contribution is 0.102. The van der Waals surface area contributed by atoms with Crippen molar-refractivity contribution < 1.29 is 4.79 Å². The summed E-state index contributed by atoms with van der Waals surface area (Å²) >= 11 is 1.32. The number of carbonyl (C=O) groups excluding carboxylic acids is 1. The normalized spacial score (nSPS) is 11.1. The number of hydrogen-bond acceptors (Lipinski definition) is 4. The second-order valence-electron chi connectivity index (χ2n) is 6.32. The van der Waals surface area contributed by atoms with Gasteiger partial charge in [-0.15, -0.1) is 11.3 Å². The van der Waals surface area contributed by atoms with Crippen LogP contribution < -0.4 is 10.7 Å². The Kier molecular flexibility index (Phi) is 3.80. The number of fused-ring (bicyclic) bond motifs is 2. The molecule has 28 heavy (non-hydrogen) atoms. The summed E-state index contributed by atoms with van der Waals surface area (Å²) in [6, 6.07) is 15.1. The van der Waals surface area contributed by atoms with Gasteiger partial charge in [-0.2, -0.15) is 0 Å². The van der Waals surface area contributed by atoms with E-state index in [9.17, 15) is 9.59 Å².